The van der Waals surface area contributed by atoms with Crippen molar-refractivity contribution in [3.63, 3.8) is 0 Å². The van der Waals surface area contributed by atoms with Gasteiger partial charge >= 0.3 is 0 Å². The molecule has 0 atom stereocenters. The van der Waals surface area contributed by atoms with E-state index in [0.717, 1.165) is 5.56 Å². The van der Waals surface area contributed by atoms with Crippen LogP contribution in [0.4, 0.5) is 4.39 Å². The van der Waals surface area contributed by atoms with E-state index < -0.39 is 11.8 Å². The first kappa shape index (κ1) is 20.0. The van der Waals surface area contributed by atoms with Crippen LogP contribution in [-0.2, 0) is 13.1 Å². The maximum absolute atomic E-state index is 13.7. The molecule has 3 rings (SSSR count). The molecule has 2 N–H and O–H groups in total. The number of rotatable bonds is 7. The second kappa shape index (κ2) is 9.45. The lowest BCUT2D eigenvalue weighted by molar-refractivity contribution is 0.0945. The molecule has 0 spiro atoms. The number of hydrogen-bond acceptors (Lipinski definition) is 4. The van der Waals surface area contributed by atoms with Gasteiger partial charge in [-0.05, 0) is 24.3 Å². The number of nitrogens with one attached hydrogen (secondary N) is 2. The highest BCUT2D eigenvalue weighted by atomic mass is 19.1. The highest BCUT2D eigenvalue weighted by molar-refractivity contribution is 5.98. The molecule has 0 aliphatic carbocycles. The Balaban J connectivity index is 1.63. The summed E-state index contributed by atoms with van der Waals surface area (Å²) in [5.41, 5.74) is 1.57. The number of aromatic nitrogens is 1. The van der Waals surface area contributed by atoms with Gasteiger partial charge in [0.2, 0.25) is 0 Å². The van der Waals surface area contributed by atoms with Crippen LogP contribution in [0.2, 0.25) is 0 Å². The molecule has 2 amide bonds. The second-order valence-electron chi connectivity index (χ2n) is 6.20. The van der Waals surface area contributed by atoms with Crippen molar-refractivity contribution < 1.29 is 18.7 Å². The van der Waals surface area contributed by atoms with E-state index in [1.54, 1.807) is 31.4 Å². The van der Waals surface area contributed by atoms with E-state index in [9.17, 15) is 14.0 Å². The molecule has 29 heavy (non-hydrogen) atoms. The van der Waals surface area contributed by atoms with Crippen LogP contribution in [0.3, 0.4) is 0 Å². The van der Waals surface area contributed by atoms with Gasteiger partial charge in [0.1, 0.15) is 17.3 Å². The van der Waals surface area contributed by atoms with Gasteiger partial charge in [-0.3, -0.25) is 14.6 Å². The molecule has 148 valence electrons. The smallest absolute Gasteiger partial charge is 0.270 e. The van der Waals surface area contributed by atoms with E-state index in [2.05, 4.69) is 15.6 Å². The quantitative estimate of drug-likeness (QED) is 0.647. The van der Waals surface area contributed by atoms with Gasteiger partial charge in [-0.15, -0.1) is 0 Å². The van der Waals surface area contributed by atoms with Crippen molar-refractivity contribution in [3.05, 3.63) is 95.1 Å². The number of pyridine rings is 1. The topological polar surface area (TPSA) is 80.3 Å². The number of halogens is 1. The van der Waals surface area contributed by atoms with Gasteiger partial charge in [-0.25, -0.2) is 4.39 Å². The largest absolute Gasteiger partial charge is 0.496 e. The summed E-state index contributed by atoms with van der Waals surface area (Å²) in [5.74, 6) is -0.560. The van der Waals surface area contributed by atoms with E-state index in [0.29, 0.717) is 11.3 Å². The van der Waals surface area contributed by atoms with E-state index >= 15 is 0 Å². The van der Waals surface area contributed by atoms with E-state index in [4.69, 9.17) is 4.74 Å². The molecule has 0 saturated carbocycles. The summed E-state index contributed by atoms with van der Waals surface area (Å²) >= 11 is 0. The molecule has 3 aromatic rings. The SMILES string of the molecule is COc1ccccc1CNC(=O)c1cc(C(=O)NCc2ccccc2F)ccn1. The number of amides is 2. The highest BCUT2D eigenvalue weighted by Gasteiger charge is 2.13. The summed E-state index contributed by atoms with van der Waals surface area (Å²) in [4.78, 5) is 28.8. The third-order valence-electron chi connectivity index (χ3n) is 4.28. The van der Waals surface area contributed by atoms with E-state index in [-0.39, 0.29) is 30.2 Å². The van der Waals surface area contributed by atoms with Crippen molar-refractivity contribution >= 4 is 11.8 Å². The number of para-hydroxylation sites is 1. The van der Waals surface area contributed by atoms with Crippen LogP contribution < -0.4 is 15.4 Å². The fraction of sp³-hybridized carbons (Fsp3) is 0.136. The predicted octanol–water partition coefficient (Wildman–Crippen LogP) is 3.09. The molecule has 1 heterocycles. The minimum atomic E-state index is -0.422. The first-order valence-corrected chi connectivity index (χ1v) is 8.96. The van der Waals surface area contributed by atoms with Gasteiger partial charge in [0.05, 0.1) is 7.11 Å². The zero-order chi connectivity index (χ0) is 20.6. The molecular formula is C22H20FN3O3. The number of ether oxygens (including phenoxy) is 1. The van der Waals surface area contributed by atoms with Crippen LogP contribution in [0.1, 0.15) is 32.0 Å². The molecule has 2 aromatic carbocycles. The first-order valence-electron chi connectivity index (χ1n) is 8.96. The Hall–Kier alpha value is -3.74. The standard InChI is InChI=1S/C22H20FN3O3/c1-29-20-9-5-3-7-17(20)14-26-22(28)19-12-15(10-11-24-19)21(27)25-13-16-6-2-4-8-18(16)23/h2-12H,13-14H2,1H3,(H,25,27)(H,26,28). The Kier molecular flexibility index (Phi) is 6.52. The molecule has 0 fully saturated rings. The lowest BCUT2D eigenvalue weighted by atomic mass is 10.1. The molecule has 0 aliphatic rings. The van der Waals surface area contributed by atoms with Crippen LogP contribution >= 0.6 is 0 Å². The summed E-state index contributed by atoms with van der Waals surface area (Å²) in [6.07, 6.45) is 1.38. The summed E-state index contributed by atoms with van der Waals surface area (Å²) in [6.45, 7) is 0.303. The molecule has 0 saturated heterocycles. The predicted molar refractivity (Wildman–Crippen MR) is 106 cm³/mol. The Labute approximate surface area is 167 Å². The lowest BCUT2D eigenvalue weighted by Gasteiger charge is -2.10. The Morgan fingerprint density at radius 1 is 0.931 bits per heavy atom. The van der Waals surface area contributed by atoms with Gasteiger partial charge in [0, 0.05) is 36.0 Å². The van der Waals surface area contributed by atoms with Gasteiger partial charge in [-0.2, -0.15) is 0 Å². The van der Waals surface area contributed by atoms with Gasteiger partial charge in [0.15, 0.2) is 0 Å². The molecule has 0 bridgehead atoms. The molecule has 0 radical (unpaired) electrons. The summed E-state index contributed by atoms with van der Waals surface area (Å²) in [6, 6.07) is 16.4. The molecule has 1 aromatic heterocycles. The van der Waals surface area contributed by atoms with Crippen molar-refractivity contribution in [1.82, 2.24) is 15.6 Å². The normalized spacial score (nSPS) is 10.3. The van der Waals surface area contributed by atoms with Crippen LogP contribution in [-0.4, -0.2) is 23.9 Å². The maximum atomic E-state index is 13.7. The van der Waals surface area contributed by atoms with E-state index in [1.807, 2.05) is 18.2 Å². The molecule has 7 heteroatoms. The molecule has 0 unspecified atom stereocenters. The fourth-order valence-corrected chi connectivity index (χ4v) is 2.73. The fourth-order valence-electron chi connectivity index (χ4n) is 2.73. The Bertz CT molecular complexity index is 1020. The average molecular weight is 393 g/mol. The van der Waals surface area contributed by atoms with Crippen LogP contribution in [0.5, 0.6) is 5.75 Å². The van der Waals surface area contributed by atoms with Crippen molar-refractivity contribution in [2.45, 2.75) is 13.1 Å². The number of carbonyl (C=O) groups excluding carboxylic acids is 2. The minimum Gasteiger partial charge on any atom is -0.496 e. The van der Waals surface area contributed by atoms with Crippen molar-refractivity contribution in [2.24, 2.45) is 0 Å². The zero-order valence-corrected chi connectivity index (χ0v) is 15.8. The number of benzene rings is 2. The van der Waals surface area contributed by atoms with Crippen molar-refractivity contribution in [2.75, 3.05) is 7.11 Å². The highest BCUT2D eigenvalue weighted by Crippen LogP contribution is 2.17. The third-order valence-corrected chi connectivity index (χ3v) is 4.28. The van der Waals surface area contributed by atoms with E-state index in [1.165, 1.54) is 24.4 Å². The number of nitrogens with zero attached hydrogens (tertiary/aromatic N) is 1. The van der Waals surface area contributed by atoms with Gasteiger partial charge < -0.3 is 15.4 Å². The maximum Gasteiger partial charge on any atom is 0.270 e. The van der Waals surface area contributed by atoms with Crippen LogP contribution in [0.25, 0.3) is 0 Å². The average Bonchev–Trinajstić information content (AvgIpc) is 2.77. The minimum absolute atomic E-state index is 0.0448. The monoisotopic (exact) mass is 393 g/mol. The second-order valence-corrected chi connectivity index (χ2v) is 6.20. The Morgan fingerprint density at radius 2 is 1.59 bits per heavy atom. The summed E-state index contributed by atoms with van der Waals surface area (Å²) in [5, 5.41) is 5.40. The summed E-state index contributed by atoms with van der Waals surface area (Å²) < 4.78 is 18.9. The number of carbonyl (C=O) groups is 2. The van der Waals surface area contributed by atoms with Crippen LogP contribution in [0.15, 0.2) is 66.9 Å². The third kappa shape index (κ3) is 5.16. The lowest BCUT2D eigenvalue weighted by Crippen LogP contribution is -2.26. The molecule has 6 nitrogen and oxygen atoms in total. The van der Waals surface area contributed by atoms with Gasteiger partial charge in [-0.1, -0.05) is 36.4 Å². The Morgan fingerprint density at radius 3 is 2.34 bits per heavy atom. The number of hydrogen-bond donors (Lipinski definition) is 2. The van der Waals surface area contributed by atoms with Crippen molar-refractivity contribution in [3.8, 4) is 5.75 Å². The van der Waals surface area contributed by atoms with Gasteiger partial charge in [0.25, 0.3) is 11.8 Å². The summed E-state index contributed by atoms with van der Waals surface area (Å²) in [7, 11) is 1.56. The molecule has 0 aliphatic heterocycles. The first-order chi connectivity index (χ1) is 14.1. The number of methoxy groups -OCH3 is 1. The van der Waals surface area contributed by atoms with Crippen molar-refractivity contribution in [1.29, 1.82) is 0 Å². The molecular weight excluding hydrogens is 373 g/mol. The zero-order valence-electron chi connectivity index (χ0n) is 15.8. The van der Waals surface area contributed by atoms with Crippen LogP contribution in [0, 0.1) is 5.82 Å².